The lowest BCUT2D eigenvalue weighted by molar-refractivity contribution is 0.0542. The Balaban J connectivity index is 2.57. The molecule has 84 valence electrons. The van der Waals surface area contributed by atoms with Gasteiger partial charge in [0.1, 0.15) is 0 Å². The number of hydrogen-bond acceptors (Lipinski definition) is 3. The molecule has 3 heteroatoms. The van der Waals surface area contributed by atoms with E-state index < -0.39 is 0 Å². The van der Waals surface area contributed by atoms with Gasteiger partial charge in [-0.05, 0) is 53.0 Å². The SMILES string of the molecule is CCCN(C)C1(CN)CCN(C)CC1. The van der Waals surface area contributed by atoms with Crippen LogP contribution in [0.25, 0.3) is 0 Å². The highest BCUT2D eigenvalue weighted by Crippen LogP contribution is 2.26. The average Bonchev–Trinajstić information content (AvgIpc) is 2.20. The first-order chi connectivity index (χ1) is 6.64. The molecule has 0 aromatic heterocycles. The van der Waals surface area contributed by atoms with Crippen molar-refractivity contribution in [3.8, 4) is 0 Å². The first kappa shape index (κ1) is 12.0. The smallest absolute Gasteiger partial charge is 0.0353 e. The molecule has 1 aliphatic heterocycles. The first-order valence-electron chi connectivity index (χ1n) is 5.74. The van der Waals surface area contributed by atoms with Gasteiger partial charge in [0.05, 0.1) is 0 Å². The Morgan fingerprint density at radius 2 is 1.93 bits per heavy atom. The van der Waals surface area contributed by atoms with Crippen molar-refractivity contribution < 1.29 is 0 Å². The number of piperidine rings is 1. The standard InChI is InChI=1S/C11H25N3/c1-4-7-14(3)11(10-12)5-8-13(2)9-6-11/h4-10,12H2,1-3H3. The van der Waals surface area contributed by atoms with Crippen molar-refractivity contribution in [1.82, 2.24) is 9.80 Å². The minimum absolute atomic E-state index is 0.280. The fourth-order valence-electron chi connectivity index (χ4n) is 2.35. The van der Waals surface area contributed by atoms with Crippen LogP contribution in [-0.4, -0.2) is 55.6 Å². The second-order valence-electron chi connectivity index (χ2n) is 4.65. The van der Waals surface area contributed by atoms with E-state index in [4.69, 9.17) is 5.73 Å². The monoisotopic (exact) mass is 199 g/mol. The fourth-order valence-corrected chi connectivity index (χ4v) is 2.35. The van der Waals surface area contributed by atoms with E-state index in [1.54, 1.807) is 0 Å². The summed E-state index contributed by atoms with van der Waals surface area (Å²) < 4.78 is 0. The van der Waals surface area contributed by atoms with Crippen molar-refractivity contribution in [2.75, 3.05) is 40.3 Å². The van der Waals surface area contributed by atoms with Crippen LogP contribution in [0.2, 0.25) is 0 Å². The van der Waals surface area contributed by atoms with Crippen LogP contribution in [0.15, 0.2) is 0 Å². The van der Waals surface area contributed by atoms with E-state index in [0.717, 1.165) is 6.54 Å². The maximum Gasteiger partial charge on any atom is 0.0353 e. The van der Waals surface area contributed by atoms with Gasteiger partial charge in [-0.25, -0.2) is 0 Å². The summed E-state index contributed by atoms with van der Waals surface area (Å²) in [6.45, 7) is 6.57. The number of hydrogen-bond donors (Lipinski definition) is 1. The van der Waals surface area contributed by atoms with E-state index >= 15 is 0 Å². The molecule has 0 spiro atoms. The van der Waals surface area contributed by atoms with E-state index in [2.05, 4.69) is 30.8 Å². The van der Waals surface area contributed by atoms with Crippen LogP contribution < -0.4 is 5.73 Å². The highest BCUT2D eigenvalue weighted by molar-refractivity contribution is 4.94. The van der Waals surface area contributed by atoms with Gasteiger partial charge in [-0.3, -0.25) is 4.90 Å². The lowest BCUT2D eigenvalue weighted by atomic mass is 9.86. The van der Waals surface area contributed by atoms with Gasteiger partial charge in [-0.2, -0.15) is 0 Å². The van der Waals surface area contributed by atoms with E-state index in [1.807, 2.05) is 0 Å². The zero-order valence-electron chi connectivity index (χ0n) is 9.92. The summed E-state index contributed by atoms with van der Waals surface area (Å²) in [7, 11) is 4.42. The molecule has 0 amide bonds. The molecule has 14 heavy (non-hydrogen) atoms. The van der Waals surface area contributed by atoms with Crippen molar-refractivity contribution >= 4 is 0 Å². The van der Waals surface area contributed by atoms with Crippen molar-refractivity contribution in [3.05, 3.63) is 0 Å². The molecule has 0 atom stereocenters. The van der Waals surface area contributed by atoms with Crippen molar-refractivity contribution in [2.45, 2.75) is 31.7 Å². The fraction of sp³-hybridized carbons (Fsp3) is 1.00. The molecular formula is C11H25N3. The van der Waals surface area contributed by atoms with Gasteiger partial charge in [-0.15, -0.1) is 0 Å². The van der Waals surface area contributed by atoms with Crippen LogP contribution in [0.1, 0.15) is 26.2 Å². The van der Waals surface area contributed by atoms with Crippen LogP contribution in [-0.2, 0) is 0 Å². The Morgan fingerprint density at radius 1 is 1.36 bits per heavy atom. The number of nitrogens with zero attached hydrogens (tertiary/aromatic N) is 2. The second kappa shape index (κ2) is 5.10. The Morgan fingerprint density at radius 3 is 2.36 bits per heavy atom. The summed E-state index contributed by atoms with van der Waals surface area (Å²) in [5, 5.41) is 0. The van der Waals surface area contributed by atoms with E-state index in [9.17, 15) is 0 Å². The third kappa shape index (κ3) is 2.47. The quantitative estimate of drug-likeness (QED) is 0.725. The first-order valence-corrected chi connectivity index (χ1v) is 5.74. The van der Waals surface area contributed by atoms with Crippen molar-refractivity contribution in [2.24, 2.45) is 5.73 Å². The summed E-state index contributed by atoms with van der Waals surface area (Å²) in [5.41, 5.74) is 6.23. The van der Waals surface area contributed by atoms with Crippen LogP contribution >= 0.6 is 0 Å². The molecule has 1 saturated heterocycles. The zero-order chi connectivity index (χ0) is 10.6. The zero-order valence-corrected chi connectivity index (χ0v) is 9.92. The van der Waals surface area contributed by atoms with E-state index in [1.165, 1.54) is 38.9 Å². The van der Waals surface area contributed by atoms with Gasteiger partial charge in [0.15, 0.2) is 0 Å². The summed E-state index contributed by atoms with van der Waals surface area (Å²) in [5.74, 6) is 0. The minimum atomic E-state index is 0.280. The molecule has 0 aromatic rings. The Bertz CT molecular complexity index is 162. The summed E-state index contributed by atoms with van der Waals surface area (Å²) in [6, 6.07) is 0. The molecule has 0 aromatic carbocycles. The molecule has 0 saturated carbocycles. The van der Waals surface area contributed by atoms with E-state index in [0.29, 0.717) is 0 Å². The predicted octanol–water partition coefficient (Wildman–Crippen LogP) is 0.751. The van der Waals surface area contributed by atoms with Crippen LogP contribution in [0.3, 0.4) is 0 Å². The largest absolute Gasteiger partial charge is 0.329 e. The van der Waals surface area contributed by atoms with Crippen molar-refractivity contribution in [1.29, 1.82) is 0 Å². The number of likely N-dealkylation sites (tertiary alicyclic amines) is 1. The maximum atomic E-state index is 5.95. The average molecular weight is 199 g/mol. The van der Waals surface area contributed by atoms with Crippen LogP contribution in [0, 0.1) is 0 Å². The predicted molar refractivity (Wildman–Crippen MR) is 61.4 cm³/mol. The molecule has 3 nitrogen and oxygen atoms in total. The lowest BCUT2D eigenvalue weighted by Gasteiger charge is -2.46. The topological polar surface area (TPSA) is 32.5 Å². The molecule has 0 radical (unpaired) electrons. The van der Waals surface area contributed by atoms with Gasteiger partial charge < -0.3 is 10.6 Å². The molecule has 1 rings (SSSR count). The summed E-state index contributed by atoms with van der Waals surface area (Å²) in [4.78, 5) is 4.87. The molecule has 0 unspecified atom stereocenters. The molecule has 1 heterocycles. The van der Waals surface area contributed by atoms with Gasteiger partial charge in [-0.1, -0.05) is 6.92 Å². The van der Waals surface area contributed by atoms with Crippen LogP contribution in [0.4, 0.5) is 0 Å². The highest BCUT2D eigenvalue weighted by atomic mass is 15.2. The highest BCUT2D eigenvalue weighted by Gasteiger charge is 2.35. The Kier molecular flexibility index (Phi) is 4.35. The van der Waals surface area contributed by atoms with Crippen LogP contribution in [0.5, 0.6) is 0 Å². The van der Waals surface area contributed by atoms with Gasteiger partial charge in [0.25, 0.3) is 0 Å². The molecule has 1 aliphatic rings. The summed E-state index contributed by atoms with van der Waals surface area (Å²) in [6.07, 6.45) is 3.65. The third-order valence-electron chi connectivity index (χ3n) is 3.67. The molecule has 1 fully saturated rings. The van der Waals surface area contributed by atoms with E-state index in [-0.39, 0.29) is 5.54 Å². The molecule has 0 aliphatic carbocycles. The number of rotatable bonds is 4. The van der Waals surface area contributed by atoms with Crippen molar-refractivity contribution in [3.63, 3.8) is 0 Å². The normalized spacial score (nSPS) is 22.9. The number of likely N-dealkylation sites (N-methyl/N-ethyl adjacent to an activating group) is 1. The third-order valence-corrected chi connectivity index (χ3v) is 3.67. The van der Waals surface area contributed by atoms with Gasteiger partial charge >= 0.3 is 0 Å². The molecular weight excluding hydrogens is 174 g/mol. The second-order valence-corrected chi connectivity index (χ2v) is 4.65. The number of nitrogens with two attached hydrogens (primary N) is 1. The van der Waals surface area contributed by atoms with Gasteiger partial charge in [0.2, 0.25) is 0 Å². The maximum absolute atomic E-state index is 5.95. The molecule has 2 N–H and O–H groups in total. The molecule has 0 bridgehead atoms. The van der Waals surface area contributed by atoms with Gasteiger partial charge in [0, 0.05) is 12.1 Å². The lowest BCUT2D eigenvalue weighted by Crippen LogP contribution is -2.57. The minimum Gasteiger partial charge on any atom is -0.329 e. The Labute approximate surface area is 88.2 Å². The Hall–Kier alpha value is -0.120. The summed E-state index contributed by atoms with van der Waals surface area (Å²) >= 11 is 0.